The van der Waals surface area contributed by atoms with E-state index in [1.165, 1.54) is 24.0 Å². The van der Waals surface area contributed by atoms with Crippen LogP contribution in [0, 0.1) is 0 Å². The minimum Gasteiger partial charge on any atom is -0.489 e. The zero-order valence-corrected chi connectivity index (χ0v) is 13.4. The summed E-state index contributed by atoms with van der Waals surface area (Å²) in [5.41, 5.74) is 1.97. The lowest BCUT2D eigenvalue weighted by molar-refractivity contribution is -0.0498. The van der Waals surface area contributed by atoms with E-state index in [1.807, 2.05) is 12.1 Å². The van der Waals surface area contributed by atoms with Crippen molar-refractivity contribution in [2.45, 2.75) is 13.2 Å². The minimum absolute atomic E-state index is 0.101. The molecular weight excluding hydrogens is 330 g/mol. The molecule has 0 aliphatic carbocycles. The number of nitrogens with zero attached hydrogens (tertiary/aromatic N) is 1. The second kappa shape index (κ2) is 7.65. The number of aromatic nitrogens is 1. The standard InChI is InChI=1S/C11H10F2N2O2.C7H6O/c1-14-9-6-16-10(15-9)7-2-4-8(5-3-7)17-11(12)13;1-2-6-4-7(3-1)8-5-6/h2-6,11,14H,1H3;1-4H,5H2. The lowest BCUT2D eigenvalue weighted by atomic mass is 10.2. The predicted molar refractivity (Wildman–Crippen MR) is 88.9 cm³/mol. The molecule has 1 aromatic heterocycles. The second-order valence-corrected chi connectivity index (χ2v) is 5.13. The SMILES string of the molecule is CNc1coc(-c2ccc(OC(F)F)cc2)n1.c1cc2cc(c1)OC2. The lowest BCUT2D eigenvalue weighted by Gasteiger charge is -2.03. The van der Waals surface area contributed by atoms with Crippen molar-refractivity contribution in [3.05, 3.63) is 60.4 Å². The number of ether oxygens (including phenoxy) is 2. The number of hydrogen-bond acceptors (Lipinski definition) is 5. The van der Waals surface area contributed by atoms with E-state index in [2.05, 4.69) is 27.2 Å². The number of fused-ring (bicyclic) bond motifs is 2. The Hall–Kier alpha value is -3.09. The summed E-state index contributed by atoms with van der Waals surface area (Å²) in [6, 6.07) is 14.2. The maximum Gasteiger partial charge on any atom is 0.387 e. The maximum absolute atomic E-state index is 11.9. The number of alkyl halides is 2. The molecular formula is C18H16F2N2O3. The number of hydrogen-bond donors (Lipinski definition) is 1. The molecule has 0 amide bonds. The molecule has 7 heteroatoms. The zero-order valence-electron chi connectivity index (χ0n) is 13.4. The van der Waals surface area contributed by atoms with Crippen molar-refractivity contribution in [1.29, 1.82) is 0 Å². The molecule has 5 nitrogen and oxygen atoms in total. The van der Waals surface area contributed by atoms with Gasteiger partial charge in [0.05, 0.1) is 0 Å². The van der Waals surface area contributed by atoms with Crippen LogP contribution < -0.4 is 14.8 Å². The molecule has 0 fully saturated rings. The van der Waals surface area contributed by atoms with Gasteiger partial charge in [-0.25, -0.2) is 0 Å². The fraction of sp³-hybridized carbons (Fsp3) is 0.167. The van der Waals surface area contributed by atoms with E-state index in [0.717, 1.165) is 12.4 Å². The third kappa shape index (κ3) is 4.47. The number of oxazole rings is 1. The minimum atomic E-state index is -2.82. The Bertz CT molecular complexity index is 800. The third-order valence-corrected chi connectivity index (χ3v) is 3.39. The summed E-state index contributed by atoms with van der Waals surface area (Å²) in [6.45, 7) is -2.05. The highest BCUT2D eigenvalue weighted by Gasteiger charge is 2.08. The van der Waals surface area contributed by atoms with E-state index in [4.69, 9.17) is 9.15 Å². The lowest BCUT2D eigenvalue weighted by Crippen LogP contribution is -2.01. The molecule has 2 bridgehead atoms. The van der Waals surface area contributed by atoms with Crippen LogP contribution in [0.25, 0.3) is 11.5 Å². The first-order chi connectivity index (χ1) is 12.1. The number of nitrogens with one attached hydrogen (secondary N) is 1. The van der Waals surface area contributed by atoms with E-state index in [9.17, 15) is 8.78 Å². The Morgan fingerprint density at radius 2 is 1.96 bits per heavy atom. The van der Waals surface area contributed by atoms with E-state index < -0.39 is 6.61 Å². The maximum atomic E-state index is 11.9. The van der Waals surface area contributed by atoms with E-state index in [-0.39, 0.29) is 5.75 Å². The Morgan fingerprint density at radius 3 is 2.56 bits per heavy atom. The topological polar surface area (TPSA) is 56.5 Å². The van der Waals surface area contributed by atoms with Gasteiger partial charge >= 0.3 is 6.61 Å². The summed E-state index contributed by atoms with van der Waals surface area (Å²) in [6.07, 6.45) is 1.47. The first-order valence-electron chi connectivity index (χ1n) is 7.54. The van der Waals surface area contributed by atoms with Crippen LogP contribution in [-0.2, 0) is 6.61 Å². The molecule has 1 aliphatic heterocycles. The molecule has 2 heterocycles. The van der Waals surface area contributed by atoms with Gasteiger partial charge in [0.25, 0.3) is 0 Å². The van der Waals surface area contributed by atoms with Gasteiger partial charge in [0.2, 0.25) is 5.89 Å². The fourth-order valence-electron chi connectivity index (χ4n) is 2.19. The monoisotopic (exact) mass is 346 g/mol. The van der Waals surface area contributed by atoms with Crippen molar-refractivity contribution in [2.75, 3.05) is 12.4 Å². The smallest absolute Gasteiger partial charge is 0.387 e. The summed E-state index contributed by atoms with van der Waals surface area (Å²) < 4.78 is 38.5. The van der Waals surface area contributed by atoms with Crippen LogP contribution in [0.4, 0.5) is 14.6 Å². The van der Waals surface area contributed by atoms with Gasteiger partial charge in [-0.1, -0.05) is 12.1 Å². The highest BCUT2D eigenvalue weighted by molar-refractivity contribution is 5.56. The molecule has 0 saturated heterocycles. The van der Waals surface area contributed by atoms with Gasteiger partial charge in [0, 0.05) is 12.6 Å². The number of anilines is 1. The quantitative estimate of drug-likeness (QED) is 0.750. The predicted octanol–water partition coefficient (Wildman–Crippen LogP) is 4.56. The molecule has 130 valence electrons. The van der Waals surface area contributed by atoms with Crippen molar-refractivity contribution in [3.8, 4) is 23.0 Å². The summed E-state index contributed by atoms with van der Waals surface area (Å²) in [5, 5.41) is 2.83. The van der Waals surface area contributed by atoms with Gasteiger partial charge < -0.3 is 19.2 Å². The first kappa shape index (κ1) is 16.8. The Kier molecular flexibility index (Phi) is 5.13. The average Bonchev–Trinajstić information content (AvgIpc) is 3.22. The van der Waals surface area contributed by atoms with Crippen molar-refractivity contribution >= 4 is 5.82 Å². The highest BCUT2D eigenvalue weighted by Crippen LogP contribution is 2.24. The molecule has 1 N–H and O–H groups in total. The van der Waals surface area contributed by atoms with E-state index in [0.29, 0.717) is 17.3 Å². The zero-order chi connectivity index (χ0) is 17.6. The largest absolute Gasteiger partial charge is 0.489 e. The molecule has 0 radical (unpaired) electrons. The number of benzene rings is 2. The van der Waals surface area contributed by atoms with Crippen LogP contribution in [0.2, 0.25) is 0 Å². The van der Waals surface area contributed by atoms with Crippen molar-refractivity contribution < 1.29 is 22.7 Å². The van der Waals surface area contributed by atoms with Gasteiger partial charge in [0.15, 0.2) is 5.82 Å². The Labute approximate surface area is 143 Å². The molecule has 2 aromatic carbocycles. The molecule has 4 rings (SSSR count). The van der Waals surface area contributed by atoms with Gasteiger partial charge in [-0.3, -0.25) is 0 Å². The summed E-state index contributed by atoms with van der Waals surface area (Å²) in [5.74, 6) is 2.12. The summed E-state index contributed by atoms with van der Waals surface area (Å²) in [4.78, 5) is 4.12. The van der Waals surface area contributed by atoms with Crippen LogP contribution >= 0.6 is 0 Å². The number of rotatable bonds is 4. The first-order valence-corrected chi connectivity index (χ1v) is 7.54. The van der Waals surface area contributed by atoms with Crippen molar-refractivity contribution in [3.63, 3.8) is 0 Å². The fourth-order valence-corrected chi connectivity index (χ4v) is 2.19. The molecule has 0 saturated carbocycles. The van der Waals surface area contributed by atoms with Gasteiger partial charge in [-0.05, 0) is 42.0 Å². The van der Waals surface area contributed by atoms with Gasteiger partial charge in [-0.2, -0.15) is 13.8 Å². The van der Waals surface area contributed by atoms with Crippen molar-refractivity contribution in [2.24, 2.45) is 0 Å². The van der Waals surface area contributed by atoms with Crippen LogP contribution in [0.3, 0.4) is 0 Å². The second-order valence-electron chi connectivity index (χ2n) is 5.13. The summed E-state index contributed by atoms with van der Waals surface area (Å²) in [7, 11) is 1.72. The average molecular weight is 346 g/mol. The molecule has 0 spiro atoms. The summed E-state index contributed by atoms with van der Waals surface area (Å²) >= 11 is 0. The van der Waals surface area contributed by atoms with Crippen LogP contribution in [-0.4, -0.2) is 18.6 Å². The third-order valence-electron chi connectivity index (χ3n) is 3.39. The molecule has 1 aliphatic rings. The number of halogens is 2. The molecule has 0 atom stereocenters. The highest BCUT2D eigenvalue weighted by atomic mass is 19.3. The van der Waals surface area contributed by atoms with E-state index in [1.54, 1.807) is 19.2 Å². The Morgan fingerprint density at radius 1 is 1.16 bits per heavy atom. The van der Waals surface area contributed by atoms with Crippen LogP contribution in [0.1, 0.15) is 5.56 Å². The Balaban J connectivity index is 0.000000188. The van der Waals surface area contributed by atoms with Crippen LogP contribution in [0.15, 0.2) is 59.2 Å². The van der Waals surface area contributed by atoms with Gasteiger partial charge in [0.1, 0.15) is 24.4 Å². The van der Waals surface area contributed by atoms with Crippen molar-refractivity contribution in [1.82, 2.24) is 4.98 Å². The van der Waals surface area contributed by atoms with Gasteiger partial charge in [-0.15, -0.1) is 0 Å². The molecule has 25 heavy (non-hydrogen) atoms. The molecule has 3 aromatic rings. The van der Waals surface area contributed by atoms with E-state index >= 15 is 0 Å². The molecule has 0 unspecified atom stereocenters. The normalized spacial score (nSPS) is 11.5. The van der Waals surface area contributed by atoms with Crippen LogP contribution in [0.5, 0.6) is 11.5 Å².